The maximum absolute atomic E-state index is 12.4. The molecule has 0 unspecified atom stereocenters. The lowest BCUT2D eigenvalue weighted by Gasteiger charge is -2.14. The Kier molecular flexibility index (Phi) is 5.11. The number of benzene rings is 2. The highest BCUT2D eigenvalue weighted by atomic mass is 32.1. The predicted octanol–water partition coefficient (Wildman–Crippen LogP) is 5.93. The second kappa shape index (κ2) is 7.72. The summed E-state index contributed by atoms with van der Waals surface area (Å²) < 4.78 is 5.51. The van der Waals surface area contributed by atoms with Crippen molar-refractivity contribution in [3.8, 4) is 11.1 Å². The molecule has 0 spiro atoms. The van der Waals surface area contributed by atoms with Gasteiger partial charge in [0, 0.05) is 5.92 Å². The van der Waals surface area contributed by atoms with Gasteiger partial charge in [0.1, 0.15) is 11.6 Å². The summed E-state index contributed by atoms with van der Waals surface area (Å²) in [4.78, 5) is 24.1. The maximum atomic E-state index is 12.4. The van der Waals surface area contributed by atoms with Gasteiger partial charge in [0.2, 0.25) is 0 Å². The number of ether oxygens (including phenoxy) is 1. The van der Waals surface area contributed by atoms with E-state index >= 15 is 0 Å². The first-order chi connectivity index (χ1) is 14.0. The first-order valence-electron chi connectivity index (χ1n) is 9.44. The Morgan fingerprint density at radius 1 is 1.07 bits per heavy atom. The molecular weight excluding hydrogens is 386 g/mol. The van der Waals surface area contributed by atoms with Crippen molar-refractivity contribution in [3.05, 3.63) is 76.2 Å². The number of rotatable bonds is 5. The molecule has 29 heavy (non-hydrogen) atoms. The van der Waals surface area contributed by atoms with Gasteiger partial charge in [-0.2, -0.15) is 0 Å². The predicted molar refractivity (Wildman–Crippen MR) is 114 cm³/mol. The lowest BCUT2D eigenvalue weighted by molar-refractivity contribution is 0.0697. The number of anilines is 1. The molecule has 1 aliphatic carbocycles. The number of hydrogen-bond acceptors (Lipinski definition) is 4. The fourth-order valence-corrected chi connectivity index (χ4v) is 4.94. The van der Waals surface area contributed by atoms with Gasteiger partial charge in [-0.1, -0.05) is 62.4 Å². The topological polar surface area (TPSA) is 75.6 Å². The molecule has 3 aromatic rings. The Morgan fingerprint density at radius 2 is 1.66 bits per heavy atom. The fourth-order valence-electron chi connectivity index (χ4n) is 3.84. The van der Waals surface area contributed by atoms with Gasteiger partial charge in [0.05, 0.1) is 5.56 Å². The quantitative estimate of drug-likeness (QED) is 0.549. The Labute approximate surface area is 173 Å². The van der Waals surface area contributed by atoms with Gasteiger partial charge >= 0.3 is 12.1 Å². The van der Waals surface area contributed by atoms with Gasteiger partial charge < -0.3 is 9.84 Å². The summed E-state index contributed by atoms with van der Waals surface area (Å²) in [6.45, 7) is 4.03. The zero-order chi connectivity index (χ0) is 20.5. The monoisotopic (exact) mass is 407 g/mol. The lowest BCUT2D eigenvalue weighted by atomic mass is 9.98. The van der Waals surface area contributed by atoms with E-state index < -0.39 is 12.1 Å². The number of amides is 1. The van der Waals surface area contributed by atoms with Crippen molar-refractivity contribution in [2.75, 3.05) is 11.9 Å². The van der Waals surface area contributed by atoms with Gasteiger partial charge in [-0.05, 0) is 39.1 Å². The molecule has 2 aromatic carbocycles. The van der Waals surface area contributed by atoms with E-state index in [0.717, 1.165) is 22.3 Å². The van der Waals surface area contributed by atoms with Crippen LogP contribution < -0.4 is 5.32 Å². The van der Waals surface area contributed by atoms with Crippen molar-refractivity contribution in [1.82, 2.24) is 0 Å². The van der Waals surface area contributed by atoms with Gasteiger partial charge in [0.15, 0.2) is 0 Å². The highest BCUT2D eigenvalue weighted by Gasteiger charge is 2.29. The third-order valence-electron chi connectivity index (χ3n) is 5.21. The highest BCUT2D eigenvalue weighted by Crippen LogP contribution is 2.44. The van der Waals surface area contributed by atoms with E-state index in [4.69, 9.17) is 4.74 Å². The molecule has 0 bridgehead atoms. The van der Waals surface area contributed by atoms with Crippen LogP contribution in [0, 0.1) is 0 Å². The van der Waals surface area contributed by atoms with Crippen molar-refractivity contribution in [3.63, 3.8) is 0 Å². The van der Waals surface area contributed by atoms with Crippen LogP contribution in [-0.4, -0.2) is 23.8 Å². The van der Waals surface area contributed by atoms with Crippen LogP contribution in [0.1, 0.15) is 52.7 Å². The molecule has 0 fully saturated rings. The molecule has 0 radical (unpaired) electrons. The summed E-state index contributed by atoms with van der Waals surface area (Å²) in [6, 6.07) is 16.2. The summed E-state index contributed by atoms with van der Waals surface area (Å²) in [6.07, 6.45) is -0.647. The molecule has 0 saturated carbocycles. The molecule has 1 aromatic heterocycles. The van der Waals surface area contributed by atoms with E-state index in [2.05, 4.69) is 29.6 Å². The van der Waals surface area contributed by atoms with E-state index in [1.807, 2.05) is 38.1 Å². The summed E-state index contributed by atoms with van der Waals surface area (Å²) >= 11 is 1.20. The van der Waals surface area contributed by atoms with E-state index in [-0.39, 0.29) is 24.0 Å². The zero-order valence-corrected chi connectivity index (χ0v) is 17.0. The van der Waals surface area contributed by atoms with Crippen LogP contribution in [0.25, 0.3) is 11.1 Å². The first kappa shape index (κ1) is 19.2. The molecule has 1 amide bonds. The van der Waals surface area contributed by atoms with Crippen LogP contribution in [0.3, 0.4) is 0 Å². The van der Waals surface area contributed by atoms with Crippen LogP contribution in [0.4, 0.5) is 9.80 Å². The van der Waals surface area contributed by atoms with E-state index in [9.17, 15) is 14.7 Å². The molecule has 2 N–H and O–H groups in total. The molecule has 0 aliphatic heterocycles. The van der Waals surface area contributed by atoms with Crippen molar-refractivity contribution in [2.45, 2.75) is 25.7 Å². The number of fused-ring (bicyclic) bond motifs is 3. The van der Waals surface area contributed by atoms with E-state index in [0.29, 0.717) is 10.6 Å². The average Bonchev–Trinajstić information content (AvgIpc) is 3.26. The van der Waals surface area contributed by atoms with Crippen LogP contribution >= 0.6 is 11.3 Å². The second-order valence-corrected chi connectivity index (χ2v) is 8.19. The maximum Gasteiger partial charge on any atom is 0.412 e. The summed E-state index contributed by atoms with van der Waals surface area (Å²) in [5.74, 6) is -1.04. The number of aromatic carboxylic acids is 1. The van der Waals surface area contributed by atoms with Gasteiger partial charge in [-0.15, -0.1) is 11.3 Å². The smallest absolute Gasteiger partial charge is 0.412 e. The average molecular weight is 407 g/mol. The molecule has 148 valence electrons. The SMILES string of the molecule is CC(C)c1csc(NC(=O)OCC2c3ccccc3-c3ccccc32)c1C(=O)O. The molecule has 4 rings (SSSR count). The molecule has 1 aliphatic rings. The number of hydrogen-bond donors (Lipinski definition) is 2. The lowest BCUT2D eigenvalue weighted by Crippen LogP contribution is -2.18. The molecular formula is C23H21NO4S. The minimum absolute atomic E-state index is 0.0401. The van der Waals surface area contributed by atoms with Crippen LogP contribution in [0.2, 0.25) is 0 Å². The number of carbonyl (C=O) groups excluding carboxylic acids is 1. The van der Waals surface area contributed by atoms with Crippen molar-refractivity contribution in [2.24, 2.45) is 0 Å². The number of nitrogens with one attached hydrogen (secondary N) is 1. The van der Waals surface area contributed by atoms with E-state index in [1.165, 1.54) is 11.3 Å². The van der Waals surface area contributed by atoms with E-state index in [1.54, 1.807) is 5.38 Å². The number of thiophene rings is 1. The first-order valence-corrected chi connectivity index (χ1v) is 10.3. The van der Waals surface area contributed by atoms with Gasteiger partial charge in [-0.25, -0.2) is 9.59 Å². The Hall–Kier alpha value is -3.12. The zero-order valence-electron chi connectivity index (χ0n) is 16.1. The normalized spacial score (nSPS) is 12.5. The highest BCUT2D eigenvalue weighted by molar-refractivity contribution is 7.15. The number of carboxylic acid groups (broad SMARTS) is 1. The molecule has 5 nitrogen and oxygen atoms in total. The summed E-state index contributed by atoms with van der Waals surface area (Å²) in [5.41, 5.74) is 5.42. The summed E-state index contributed by atoms with van der Waals surface area (Å²) in [7, 11) is 0. The molecule has 6 heteroatoms. The summed E-state index contributed by atoms with van der Waals surface area (Å²) in [5, 5.41) is 14.2. The molecule has 1 heterocycles. The van der Waals surface area contributed by atoms with Crippen molar-refractivity contribution in [1.29, 1.82) is 0 Å². The Bertz CT molecular complexity index is 1040. The number of carbonyl (C=O) groups is 2. The minimum atomic E-state index is -1.05. The third-order valence-corrected chi connectivity index (χ3v) is 6.13. The Balaban J connectivity index is 1.51. The second-order valence-electron chi connectivity index (χ2n) is 7.31. The van der Waals surface area contributed by atoms with Gasteiger partial charge in [-0.3, -0.25) is 5.32 Å². The fraction of sp³-hybridized carbons (Fsp3) is 0.217. The molecule has 0 saturated heterocycles. The van der Waals surface area contributed by atoms with Crippen LogP contribution in [0.5, 0.6) is 0 Å². The minimum Gasteiger partial charge on any atom is -0.478 e. The van der Waals surface area contributed by atoms with Crippen LogP contribution in [-0.2, 0) is 4.74 Å². The third kappa shape index (κ3) is 3.51. The Morgan fingerprint density at radius 3 is 2.21 bits per heavy atom. The number of carboxylic acids is 1. The van der Waals surface area contributed by atoms with Crippen molar-refractivity contribution < 1.29 is 19.4 Å². The van der Waals surface area contributed by atoms with Crippen molar-refractivity contribution >= 4 is 28.4 Å². The largest absolute Gasteiger partial charge is 0.478 e. The van der Waals surface area contributed by atoms with Crippen LogP contribution in [0.15, 0.2) is 53.9 Å². The molecule has 0 atom stereocenters. The van der Waals surface area contributed by atoms with Gasteiger partial charge in [0.25, 0.3) is 0 Å². The standard InChI is InChI=1S/C23H21NO4S/c1-13(2)19-12-29-21(20(19)22(25)26)24-23(27)28-11-18-16-9-5-3-7-14(16)15-8-4-6-10-17(15)18/h3-10,12-13,18H,11H2,1-2H3,(H,24,27)(H,25,26).